The number of nitrogens with zero attached hydrogens (tertiary/aromatic N) is 2. The Balaban J connectivity index is 1.97. The van der Waals surface area contributed by atoms with Crippen LogP contribution >= 0.6 is 11.8 Å². The quantitative estimate of drug-likeness (QED) is 0.723. The lowest BCUT2D eigenvalue weighted by atomic mass is 10.00. The van der Waals surface area contributed by atoms with E-state index in [9.17, 15) is 9.59 Å². The third-order valence-corrected chi connectivity index (χ3v) is 5.24. The van der Waals surface area contributed by atoms with Gasteiger partial charge in [-0.25, -0.2) is 9.79 Å². The Morgan fingerprint density at radius 3 is 2.81 bits per heavy atom. The van der Waals surface area contributed by atoms with E-state index in [1.165, 1.54) is 0 Å². The predicted molar refractivity (Wildman–Crippen MR) is 109 cm³/mol. The van der Waals surface area contributed by atoms with Crippen LogP contribution in [0.1, 0.15) is 32.8 Å². The van der Waals surface area contributed by atoms with Crippen LogP contribution in [-0.4, -0.2) is 40.3 Å². The number of thioether (sulfide) groups is 1. The molecule has 6 heteroatoms. The number of amides is 1. The summed E-state index contributed by atoms with van der Waals surface area (Å²) in [6.45, 7) is 6.12. The Labute approximate surface area is 164 Å². The zero-order valence-corrected chi connectivity index (χ0v) is 16.7. The molecule has 0 spiro atoms. The van der Waals surface area contributed by atoms with Gasteiger partial charge in [0.15, 0.2) is 5.17 Å². The summed E-state index contributed by atoms with van der Waals surface area (Å²) in [6, 6.07) is 9.31. The monoisotopic (exact) mass is 384 g/mol. The Kier molecular flexibility index (Phi) is 6.16. The molecule has 0 bridgehead atoms. The Morgan fingerprint density at radius 1 is 1.37 bits per heavy atom. The minimum absolute atomic E-state index is 0.0168. The van der Waals surface area contributed by atoms with Gasteiger partial charge in [-0.15, -0.1) is 0 Å². The Hall–Kier alpha value is -2.34. The average Bonchev–Trinajstić information content (AvgIpc) is 2.64. The van der Waals surface area contributed by atoms with E-state index < -0.39 is 12.0 Å². The molecular formula is C21H24N2O3S. The third kappa shape index (κ3) is 4.50. The molecule has 0 aromatic heterocycles. The molecule has 2 heterocycles. The summed E-state index contributed by atoms with van der Waals surface area (Å²) in [6.07, 6.45) is 4.26. The lowest BCUT2D eigenvalue weighted by Crippen LogP contribution is -2.49. The molecule has 1 aromatic carbocycles. The molecule has 3 rings (SSSR count). The third-order valence-electron chi connectivity index (χ3n) is 4.29. The van der Waals surface area contributed by atoms with E-state index in [2.05, 4.69) is 4.99 Å². The highest BCUT2D eigenvalue weighted by Gasteiger charge is 2.39. The summed E-state index contributed by atoms with van der Waals surface area (Å²) in [5.74, 6) is 0.527. The number of hydrogen-bond donors (Lipinski definition) is 0. The lowest BCUT2D eigenvalue weighted by Gasteiger charge is -2.37. The molecule has 2 aliphatic heterocycles. The molecule has 1 saturated heterocycles. The average molecular weight is 385 g/mol. The molecule has 1 fully saturated rings. The molecule has 0 radical (unpaired) electrons. The van der Waals surface area contributed by atoms with Crippen molar-refractivity contribution in [3.63, 3.8) is 0 Å². The van der Waals surface area contributed by atoms with Crippen LogP contribution in [-0.2, 0) is 14.3 Å². The van der Waals surface area contributed by atoms with E-state index in [0.29, 0.717) is 35.2 Å². The van der Waals surface area contributed by atoms with Crippen LogP contribution in [0.15, 0.2) is 52.7 Å². The fraction of sp³-hybridized carbons (Fsp3) is 0.381. The van der Waals surface area contributed by atoms with Crippen LogP contribution in [0.4, 0.5) is 0 Å². The molecule has 27 heavy (non-hydrogen) atoms. The van der Waals surface area contributed by atoms with Crippen molar-refractivity contribution in [1.82, 2.24) is 4.90 Å². The summed E-state index contributed by atoms with van der Waals surface area (Å²) in [7, 11) is 0. The largest absolute Gasteiger partial charge is 0.462 e. The number of carbonyl (C=O) groups excluding carboxylic acids is 2. The minimum atomic E-state index is -0.502. The van der Waals surface area contributed by atoms with Gasteiger partial charge in [0.1, 0.15) is 0 Å². The highest BCUT2D eigenvalue weighted by Crippen LogP contribution is 2.32. The first-order chi connectivity index (χ1) is 13.0. The van der Waals surface area contributed by atoms with Crippen LogP contribution in [0.5, 0.6) is 0 Å². The number of carbonyl (C=O) groups is 2. The summed E-state index contributed by atoms with van der Waals surface area (Å²) in [4.78, 5) is 31.6. The van der Waals surface area contributed by atoms with E-state index in [1.807, 2.05) is 56.3 Å². The van der Waals surface area contributed by atoms with E-state index in [0.717, 1.165) is 5.56 Å². The number of allylic oxidation sites excluding steroid dienone is 1. The van der Waals surface area contributed by atoms with Crippen LogP contribution in [0.25, 0.3) is 6.08 Å². The molecule has 0 saturated carbocycles. The molecule has 142 valence electrons. The fourth-order valence-corrected chi connectivity index (χ4v) is 3.99. The molecule has 2 aliphatic rings. The maximum absolute atomic E-state index is 12.8. The number of rotatable bonds is 5. The van der Waals surface area contributed by atoms with Crippen molar-refractivity contribution in [3.05, 3.63) is 53.2 Å². The van der Waals surface area contributed by atoms with Crippen molar-refractivity contribution in [1.29, 1.82) is 0 Å². The number of fused-ring (bicyclic) bond motifs is 1. The number of ether oxygens (including phenoxy) is 1. The normalized spacial score (nSPS) is 20.1. The van der Waals surface area contributed by atoms with Gasteiger partial charge in [0.2, 0.25) is 5.91 Å². The number of hydrogen-bond acceptors (Lipinski definition) is 5. The molecule has 1 aromatic rings. The molecule has 5 nitrogen and oxygen atoms in total. The second-order valence-electron chi connectivity index (χ2n) is 6.96. The first-order valence-corrected chi connectivity index (χ1v) is 10.1. The second-order valence-corrected chi connectivity index (χ2v) is 8.02. The van der Waals surface area contributed by atoms with Crippen molar-refractivity contribution >= 4 is 34.9 Å². The molecule has 0 N–H and O–H groups in total. The minimum Gasteiger partial charge on any atom is -0.462 e. The molecular weight excluding hydrogens is 360 g/mol. The summed E-state index contributed by atoms with van der Waals surface area (Å²) in [5.41, 5.74) is 2.05. The van der Waals surface area contributed by atoms with E-state index in [4.69, 9.17) is 4.74 Å². The molecule has 1 amide bonds. The lowest BCUT2D eigenvalue weighted by molar-refractivity contribution is -0.140. The van der Waals surface area contributed by atoms with Crippen molar-refractivity contribution in [2.75, 3.05) is 12.4 Å². The van der Waals surface area contributed by atoms with Gasteiger partial charge in [-0.1, -0.05) is 68.1 Å². The Morgan fingerprint density at radius 2 is 2.11 bits per heavy atom. The second kappa shape index (κ2) is 8.57. The van der Waals surface area contributed by atoms with Crippen LogP contribution in [0.2, 0.25) is 0 Å². The van der Waals surface area contributed by atoms with Gasteiger partial charge in [-0.3, -0.25) is 9.69 Å². The van der Waals surface area contributed by atoms with Crippen LogP contribution in [0, 0.1) is 5.92 Å². The molecule has 0 unspecified atom stereocenters. The van der Waals surface area contributed by atoms with Crippen LogP contribution < -0.4 is 0 Å². The highest BCUT2D eigenvalue weighted by molar-refractivity contribution is 8.14. The van der Waals surface area contributed by atoms with Gasteiger partial charge >= 0.3 is 5.97 Å². The number of esters is 1. The number of amidine groups is 1. The maximum Gasteiger partial charge on any atom is 0.338 e. The van der Waals surface area contributed by atoms with Crippen molar-refractivity contribution in [3.8, 4) is 0 Å². The maximum atomic E-state index is 12.8. The smallest absolute Gasteiger partial charge is 0.338 e. The molecule has 1 atom stereocenters. The van der Waals surface area contributed by atoms with Crippen molar-refractivity contribution < 1.29 is 14.3 Å². The number of benzene rings is 1. The van der Waals surface area contributed by atoms with Crippen molar-refractivity contribution in [2.24, 2.45) is 10.9 Å². The highest BCUT2D eigenvalue weighted by atomic mass is 32.2. The Bertz CT molecular complexity index is 812. The standard InChI is InChI=1S/C21H24N2O3S/c1-14(2)13-26-20(25)19-15(3)22-21-23(18(24)11-12-27-21)17(19)10-9-16-7-5-4-6-8-16/h4-10,14,17H,11-13H2,1-3H3/b10-9+/t17-/m0/s1. The van der Waals surface area contributed by atoms with Gasteiger partial charge in [-0.2, -0.15) is 0 Å². The predicted octanol–water partition coefficient (Wildman–Crippen LogP) is 3.88. The number of aliphatic imine (C=N–C) groups is 1. The zero-order valence-electron chi connectivity index (χ0n) is 15.8. The van der Waals surface area contributed by atoms with Crippen molar-refractivity contribution in [2.45, 2.75) is 33.2 Å². The van der Waals surface area contributed by atoms with Crippen LogP contribution in [0.3, 0.4) is 0 Å². The fourth-order valence-electron chi connectivity index (χ4n) is 2.97. The summed E-state index contributed by atoms with van der Waals surface area (Å²) >= 11 is 1.55. The first kappa shape index (κ1) is 19.4. The summed E-state index contributed by atoms with van der Waals surface area (Å²) < 4.78 is 5.47. The van der Waals surface area contributed by atoms with Gasteiger partial charge < -0.3 is 4.74 Å². The summed E-state index contributed by atoms with van der Waals surface area (Å²) in [5, 5.41) is 0.659. The topological polar surface area (TPSA) is 59.0 Å². The van der Waals surface area contributed by atoms with E-state index in [-0.39, 0.29) is 11.8 Å². The van der Waals surface area contributed by atoms with Gasteiger partial charge in [0.05, 0.1) is 23.9 Å². The molecule has 0 aliphatic carbocycles. The van der Waals surface area contributed by atoms with E-state index in [1.54, 1.807) is 23.6 Å². The van der Waals surface area contributed by atoms with E-state index >= 15 is 0 Å². The first-order valence-electron chi connectivity index (χ1n) is 9.12. The zero-order chi connectivity index (χ0) is 19.4. The SMILES string of the molecule is CC1=C(C(=O)OCC(C)C)[C@H](/C=C/c2ccccc2)N2C(=O)CCSC2=N1. The van der Waals surface area contributed by atoms with Gasteiger partial charge in [-0.05, 0) is 18.4 Å². The van der Waals surface area contributed by atoms with Gasteiger partial charge in [0.25, 0.3) is 0 Å². The van der Waals surface area contributed by atoms with Gasteiger partial charge in [0, 0.05) is 12.2 Å².